The Morgan fingerprint density at radius 2 is 1.77 bits per heavy atom. The zero-order chi connectivity index (χ0) is 14.9. The topological polar surface area (TPSA) is 47.0 Å². The van der Waals surface area contributed by atoms with E-state index in [4.69, 9.17) is 14.7 Å². The van der Waals surface area contributed by atoms with Crippen LogP contribution < -0.4 is 10.1 Å². The first-order valence-electron chi connectivity index (χ1n) is 7.47. The fraction of sp³-hybridized carbons (Fsp3) is 0.222. The number of rotatable bonds is 3. The van der Waals surface area contributed by atoms with Crippen LogP contribution in [-0.4, -0.2) is 30.2 Å². The molecule has 1 aliphatic rings. The molecule has 0 bridgehead atoms. The Morgan fingerprint density at radius 3 is 2.45 bits per heavy atom. The molecule has 1 saturated heterocycles. The van der Waals surface area contributed by atoms with E-state index in [9.17, 15) is 0 Å². The summed E-state index contributed by atoms with van der Waals surface area (Å²) in [5.74, 6) is 1.27. The van der Waals surface area contributed by atoms with Crippen LogP contribution in [-0.2, 0) is 0 Å². The molecule has 1 N–H and O–H groups in total. The summed E-state index contributed by atoms with van der Waals surface area (Å²) in [6.45, 7) is 1.92. The van der Waals surface area contributed by atoms with Crippen molar-refractivity contribution in [3.8, 4) is 17.0 Å². The van der Waals surface area contributed by atoms with E-state index in [1.807, 2.05) is 42.5 Å². The van der Waals surface area contributed by atoms with Crippen LogP contribution >= 0.6 is 0 Å². The molecule has 4 nitrogen and oxygen atoms in total. The van der Waals surface area contributed by atoms with Crippen LogP contribution in [0.1, 0.15) is 11.6 Å². The third-order valence-electron chi connectivity index (χ3n) is 4.11. The van der Waals surface area contributed by atoms with Crippen molar-refractivity contribution < 1.29 is 4.74 Å². The van der Waals surface area contributed by atoms with Gasteiger partial charge in [-0.3, -0.25) is 0 Å². The van der Waals surface area contributed by atoms with Gasteiger partial charge in [0.15, 0.2) is 0 Å². The van der Waals surface area contributed by atoms with Crippen LogP contribution in [0.15, 0.2) is 48.5 Å². The number of methoxy groups -OCH3 is 1. The van der Waals surface area contributed by atoms with Crippen molar-refractivity contribution in [2.24, 2.45) is 0 Å². The average molecular weight is 291 g/mol. The molecule has 0 spiro atoms. The second kappa shape index (κ2) is 5.39. The highest BCUT2D eigenvalue weighted by Crippen LogP contribution is 2.31. The lowest BCUT2D eigenvalue weighted by Crippen LogP contribution is -2.40. The van der Waals surface area contributed by atoms with Crippen LogP contribution in [0.4, 0.5) is 0 Å². The quantitative estimate of drug-likeness (QED) is 0.806. The fourth-order valence-electron chi connectivity index (χ4n) is 2.76. The standard InChI is InChI=1S/C18H17N3O/c1-22-14-6-4-5-12(9-14)17-18(13-10-19-11-13)21-16-8-3-2-7-15(16)20-17/h2-9,13,19H,10-11H2,1H3. The third-order valence-corrected chi connectivity index (χ3v) is 4.11. The van der Waals surface area contributed by atoms with Crippen LogP contribution in [0.2, 0.25) is 0 Å². The van der Waals surface area contributed by atoms with Crippen molar-refractivity contribution in [3.05, 3.63) is 54.2 Å². The van der Waals surface area contributed by atoms with Crippen molar-refractivity contribution in [1.82, 2.24) is 15.3 Å². The van der Waals surface area contributed by atoms with E-state index < -0.39 is 0 Å². The second-order valence-electron chi connectivity index (χ2n) is 5.53. The molecule has 110 valence electrons. The van der Waals surface area contributed by atoms with E-state index in [0.29, 0.717) is 5.92 Å². The Morgan fingerprint density at radius 1 is 1.00 bits per heavy atom. The summed E-state index contributed by atoms with van der Waals surface area (Å²) in [6, 6.07) is 16.1. The zero-order valence-electron chi connectivity index (χ0n) is 12.4. The van der Waals surface area contributed by atoms with Gasteiger partial charge in [0, 0.05) is 24.6 Å². The molecule has 22 heavy (non-hydrogen) atoms. The molecule has 0 atom stereocenters. The van der Waals surface area contributed by atoms with Gasteiger partial charge >= 0.3 is 0 Å². The number of ether oxygens (including phenoxy) is 1. The highest BCUT2D eigenvalue weighted by molar-refractivity contribution is 5.79. The highest BCUT2D eigenvalue weighted by atomic mass is 16.5. The van der Waals surface area contributed by atoms with E-state index in [1.54, 1.807) is 7.11 Å². The van der Waals surface area contributed by atoms with Gasteiger partial charge in [0.25, 0.3) is 0 Å². The molecule has 2 heterocycles. The minimum Gasteiger partial charge on any atom is -0.497 e. The first-order chi connectivity index (χ1) is 10.8. The third kappa shape index (κ3) is 2.22. The fourth-order valence-corrected chi connectivity index (χ4v) is 2.76. The van der Waals surface area contributed by atoms with Gasteiger partial charge in [-0.15, -0.1) is 0 Å². The maximum atomic E-state index is 5.34. The van der Waals surface area contributed by atoms with Crippen molar-refractivity contribution >= 4 is 11.0 Å². The minimum atomic E-state index is 0.429. The summed E-state index contributed by atoms with van der Waals surface area (Å²) in [5, 5.41) is 3.32. The van der Waals surface area contributed by atoms with E-state index in [1.165, 1.54) is 0 Å². The van der Waals surface area contributed by atoms with Gasteiger partial charge in [0.05, 0.1) is 29.5 Å². The molecular weight excluding hydrogens is 274 g/mol. The summed E-state index contributed by atoms with van der Waals surface area (Å²) >= 11 is 0. The van der Waals surface area contributed by atoms with Gasteiger partial charge in [-0.25, -0.2) is 9.97 Å². The van der Waals surface area contributed by atoms with Gasteiger partial charge < -0.3 is 10.1 Å². The zero-order valence-corrected chi connectivity index (χ0v) is 12.4. The van der Waals surface area contributed by atoms with E-state index in [2.05, 4.69) is 11.4 Å². The lowest BCUT2D eigenvalue weighted by molar-refractivity contribution is 0.415. The van der Waals surface area contributed by atoms with E-state index in [0.717, 1.165) is 46.8 Å². The molecule has 0 aliphatic carbocycles. The predicted molar refractivity (Wildman–Crippen MR) is 87.1 cm³/mol. The lowest BCUT2D eigenvalue weighted by atomic mass is 9.94. The number of hydrogen-bond acceptors (Lipinski definition) is 4. The van der Waals surface area contributed by atoms with Crippen LogP contribution in [0.5, 0.6) is 5.75 Å². The Hall–Kier alpha value is -2.46. The summed E-state index contributed by atoms with van der Waals surface area (Å²) in [5.41, 5.74) is 4.97. The molecule has 1 fully saturated rings. The maximum absolute atomic E-state index is 5.34. The first-order valence-corrected chi connectivity index (χ1v) is 7.47. The van der Waals surface area contributed by atoms with E-state index >= 15 is 0 Å². The maximum Gasteiger partial charge on any atom is 0.119 e. The Bertz CT molecular complexity index is 827. The molecular formula is C18H17N3O. The largest absolute Gasteiger partial charge is 0.497 e. The number of hydrogen-bond donors (Lipinski definition) is 1. The number of para-hydroxylation sites is 2. The molecule has 0 saturated carbocycles. The summed E-state index contributed by atoms with van der Waals surface area (Å²) in [6.07, 6.45) is 0. The molecule has 2 aromatic carbocycles. The molecule has 1 aromatic heterocycles. The molecule has 3 aromatic rings. The smallest absolute Gasteiger partial charge is 0.119 e. The SMILES string of the molecule is COc1cccc(-c2nc3ccccc3nc2C2CNC2)c1. The lowest BCUT2D eigenvalue weighted by Gasteiger charge is -2.28. The molecule has 0 amide bonds. The predicted octanol–water partition coefficient (Wildman–Crippen LogP) is 2.99. The average Bonchev–Trinajstić information content (AvgIpc) is 2.53. The molecule has 4 rings (SSSR count). The number of fused-ring (bicyclic) bond motifs is 1. The van der Waals surface area contributed by atoms with Crippen LogP contribution in [0, 0.1) is 0 Å². The van der Waals surface area contributed by atoms with E-state index in [-0.39, 0.29) is 0 Å². The summed E-state index contributed by atoms with van der Waals surface area (Å²) in [7, 11) is 1.68. The first kappa shape index (κ1) is 13.2. The normalized spacial score (nSPS) is 14.8. The van der Waals surface area contributed by atoms with Gasteiger partial charge in [-0.05, 0) is 24.3 Å². The molecule has 0 radical (unpaired) electrons. The Labute approximate surface area is 129 Å². The summed E-state index contributed by atoms with van der Waals surface area (Å²) in [4.78, 5) is 9.76. The Balaban J connectivity index is 1.93. The van der Waals surface area contributed by atoms with Crippen molar-refractivity contribution in [3.63, 3.8) is 0 Å². The van der Waals surface area contributed by atoms with Gasteiger partial charge in [-0.2, -0.15) is 0 Å². The molecule has 4 heteroatoms. The molecule has 0 unspecified atom stereocenters. The van der Waals surface area contributed by atoms with Crippen molar-refractivity contribution in [2.45, 2.75) is 5.92 Å². The summed E-state index contributed by atoms with van der Waals surface area (Å²) < 4.78 is 5.34. The highest BCUT2D eigenvalue weighted by Gasteiger charge is 2.25. The van der Waals surface area contributed by atoms with Gasteiger partial charge in [0.1, 0.15) is 5.75 Å². The number of nitrogens with zero attached hydrogens (tertiary/aromatic N) is 2. The van der Waals surface area contributed by atoms with Crippen molar-refractivity contribution in [1.29, 1.82) is 0 Å². The van der Waals surface area contributed by atoms with Crippen LogP contribution in [0.25, 0.3) is 22.3 Å². The van der Waals surface area contributed by atoms with Gasteiger partial charge in [0.2, 0.25) is 0 Å². The monoisotopic (exact) mass is 291 g/mol. The van der Waals surface area contributed by atoms with Gasteiger partial charge in [-0.1, -0.05) is 24.3 Å². The number of aromatic nitrogens is 2. The minimum absolute atomic E-state index is 0.429. The number of benzene rings is 2. The van der Waals surface area contributed by atoms with Crippen molar-refractivity contribution in [2.75, 3.05) is 20.2 Å². The Kier molecular flexibility index (Phi) is 3.24. The second-order valence-corrected chi connectivity index (χ2v) is 5.53. The molecule has 1 aliphatic heterocycles. The number of nitrogens with one attached hydrogen (secondary N) is 1. The van der Waals surface area contributed by atoms with Crippen LogP contribution in [0.3, 0.4) is 0 Å².